The summed E-state index contributed by atoms with van der Waals surface area (Å²) in [4.78, 5) is 47.8. The second-order valence-electron chi connectivity index (χ2n) is 8.88. The lowest BCUT2D eigenvalue weighted by atomic mass is 9.63. The van der Waals surface area contributed by atoms with Gasteiger partial charge in [-0.25, -0.2) is 4.79 Å². The number of hydrogen-bond acceptors (Lipinski definition) is 7. The molecule has 0 radical (unpaired) electrons. The zero-order valence-corrected chi connectivity index (χ0v) is 17.0. The zero-order valence-electron chi connectivity index (χ0n) is 17.0. The number of nitro benzene ring substituents is 1. The molecule has 1 aliphatic heterocycles. The molecule has 0 spiro atoms. The summed E-state index contributed by atoms with van der Waals surface area (Å²) in [6, 6.07) is 6.47. The molecule has 1 aromatic heterocycles. The highest BCUT2D eigenvalue weighted by atomic mass is 16.6. The predicted molar refractivity (Wildman–Crippen MR) is 112 cm³/mol. The van der Waals surface area contributed by atoms with E-state index in [2.05, 4.69) is 17.3 Å². The maximum atomic E-state index is 13.0. The van der Waals surface area contributed by atoms with Crippen molar-refractivity contribution in [2.45, 2.75) is 6.42 Å². The van der Waals surface area contributed by atoms with Gasteiger partial charge in [-0.15, -0.1) is 0 Å². The van der Waals surface area contributed by atoms with Crippen molar-refractivity contribution in [1.29, 1.82) is 0 Å². The van der Waals surface area contributed by atoms with Gasteiger partial charge in [0.25, 0.3) is 17.5 Å². The third-order valence-electron chi connectivity index (χ3n) is 7.28. The minimum atomic E-state index is -1.34. The molecule has 2 aromatic rings. The van der Waals surface area contributed by atoms with Crippen LogP contribution in [0.3, 0.4) is 0 Å². The van der Waals surface area contributed by atoms with Crippen molar-refractivity contribution in [1.82, 2.24) is 5.01 Å². The first-order chi connectivity index (χ1) is 15.8. The summed E-state index contributed by atoms with van der Waals surface area (Å²) in [6.45, 7) is 0. The van der Waals surface area contributed by atoms with E-state index < -0.39 is 10.9 Å². The van der Waals surface area contributed by atoms with E-state index >= 15 is 0 Å². The number of carboxylic acids is 1. The smallest absolute Gasteiger partial charge is 0.336 e. The number of nitro groups is 1. The molecule has 2 heterocycles. The molecule has 4 aliphatic carbocycles. The number of carbonyl (C=O) groups is 3. The molecule has 2 bridgehead atoms. The van der Waals surface area contributed by atoms with Gasteiger partial charge in [-0.05, 0) is 48.3 Å². The van der Waals surface area contributed by atoms with Crippen molar-refractivity contribution < 1.29 is 28.8 Å². The quantitative estimate of drug-likeness (QED) is 0.244. The second-order valence-corrected chi connectivity index (χ2v) is 8.88. The maximum Gasteiger partial charge on any atom is 0.336 e. The number of allylic oxidation sites excluding steroid dienone is 2. The second kappa shape index (κ2) is 6.71. The van der Waals surface area contributed by atoms with Crippen LogP contribution < -0.4 is 0 Å². The molecule has 2 amide bonds. The van der Waals surface area contributed by atoms with Crippen LogP contribution in [0.1, 0.15) is 22.5 Å². The zero-order chi connectivity index (χ0) is 23.0. The summed E-state index contributed by atoms with van der Waals surface area (Å²) in [5.41, 5.74) is -0.468. The van der Waals surface area contributed by atoms with Gasteiger partial charge in [-0.2, -0.15) is 10.1 Å². The third kappa shape index (κ3) is 2.80. The Morgan fingerprint density at radius 3 is 2.39 bits per heavy atom. The van der Waals surface area contributed by atoms with Crippen LogP contribution in [0.2, 0.25) is 0 Å². The number of carbonyl (C=O) groups excluding carboxylic acids is 2. The van der Waals surface area contributed by atoms with Gasteiger partial charge in [-0.1, -0.05) is 12.2 Å². The van der Waals surface area contributed by atoms with Gasteiger partial charge < -0.3 is 9.52 Å². The Hall–Kier alpha value is -4.08. The van der Waals surface area contributed by atoms with Crippen molar-refractivity contribution in [3.63, 3.8) is 0 Å². The molecule has 10 heteroatoms. The minimum Gasteiger partial charge on any atom is -0.478 e. The van der Waals surface area contributed by atoms with Gasteiger partial charge in [0.2, 0.25) is 0 Å². The highest BCUT2D eigenvalue weighted by molar-refractivity contribution is 6.06. The molecule has 6 atom stereocenters. The molecule has 7 rings (SSSR count). The number of benzene rings is 1. The lowest BCUT2D eigenvalue weighted by Gasteiger charge is -2.37. The monoisotopic (exact) mass is 447 g/mol. The molecular formula is C23H17N3O7. The van der Waals surface area contributed by atoms with Crippen molar-refractivity contribution >= 4 is 29.7 Å². The number of furan rings is 1. The van der Waals surface area contributed by atoms with Crippen LogP contribution >= 0.6 is 0 Å². The van der Waals surface area contributed by atoms with Crippen LogP contribution in [0.15, 0.2) is 52.0 Å². The molecule has 1 N–H and O–H groups in total. The Balaban J connectivity index is 1.26. The normalized spacial score (nSPS) is 31.2. The average Bonchev–Trinajstić information content (AvgIpc) is 3.44. The fraction of sp³-hybridized carbons (Fsp3) is 0.304. The first-order valence-corrected chi connectivity index (χ1v) is 10.6. The molecule has 5 aliphatic rings. The van der Waals surface area contributed by atoms with Gasteiger partial charge in [0, 0.05) is 17.7 Å². The van der Waals surface area contributed by atoms with E-state index in [0.29, 0.717) is 11.8 Å². The Labute approximate surface area is 186 Å². The molecule has 166 valence electrons. The summed E-state index contributed by atoms with van der Waals surface area (Å²) in [5, 5.41) is 25.4. The van der Waals surface area contributed by atoms with Crippen LogP contribution in [0.4, 0.5) is 5.69 Å². The van der Waals surface area contributed by atoms with E-state index in [4.69, 9.17) is 4.42 Å². The van der Waals surface area contributed by atoms with E-state index in [1.54, 1.807) is 0 Å². The molecule has 1 saturated heterocycles. The van der Waals surface area contributed by atoms with E-state index in [1.165, 1.54) is 30.5 Å². The van der Waals surface area contributed by atoms with Crippen molar-refractivity contribution in [2.75, 3.05) is 0 Å². The summed E-state index contributed by atoms with van der Waals surface area (Å²) < 4.78 is 5.64. The summed E-state index contributed by atoms with van der Waals surface area (Å²) in [5.74, 6) is -1.03. The summed E-state index contributed by atoms with van der Waals surface area (Å²) >= 11 is 0. The number of rotatable bonds is 5. The Morgan fingerprint density at radius 1 is 1.12 bits per heavy atom. The molecule has 0 unspecified atom stereocenters. The van der Waals surface area contributed by atoms with Crippen LogP contribution in [0.5, 0.6) is 0 Å². The van der Waals surface area contributed by atoms with Gasteiger partial charge in [0.15, 0.2) is 0 Å². The summed E-state index contributed by atoms with van der Waals surface area (Å²) in [6.07, 6.45) is 6.50. The standard InChI is InChI=1S/C23H17N3O7/c27-21-19-13-4-5-14(16-8-15(13)16)20(19)22(28)25(21)24-9-11-2-6-18(33-11)12-3-1-10(26(31)32)7-17(12)23(29)30/h1-7,9,13-16,19-20H,8H2,(H,29,30)/b24-9-/t13-,14-,15-,16+,19-,20+/m0/s1. The van der Waals surface area contributed by atoms with Crippen LogP contribution in [0.25, 0.3) is 11.3 Å². The van der Waals surface area contributed by atoms with E-state index in [-0.39, 0.29) is 63.8 Å². The molecule has 2 saturated carbocycles. The number of imide groups is 1. The molecule has 3 fully saturated rings. The number of nitrogens with zero attached hydrogens (tertiary/aromatic N) is 3. The van der Waals surface area contributed by atoms with Gasteiger partial charge >= 0.3 is 5.97 Å². The van der Waals surface area contributed by atoms with E-state index in [9.17, 15) is 29.6 Å². The van der Waals surface area contributed by atoms with Crippen LogP contribution in [-0.2, 0) is 9.59 Å². The number of hydrazone groups is 1. The minimum absolute atomic E-state index is 0.105. The van der Waals surface area contributed by atoms with Gasteiger partial charge in [-0.3, -0.25) is 19.7 Å². The average molecular weight is 447 g/mol. The Bertz CT molecular complexity index is 1270. The van der Waals surface area contributed by atoms with E-state index in [0.717, 1.165) is 17.5 Å². The lowest BCUT2D eigenvalue weighted by molar-refractivity contribution is -0.384. The first-order valence-electron chi connectivity index (χ1n) is 10.6. The first kappa shape index (κ1) is 19.6. The molecule has 1 aromatic carbocycles. The fourth-order valence-corrected chi connectivity index (χ4v) is 5.77. The number of hydrogen-bond donors (Lipinski definition) is 1. The number of carboxylic acid groups (broad SMARTS) is 1. The fourth-order valence-electron chi connectivity index (χ4n) is 5.77. The molecule has 10 nitrogen and oxygen atoms in total. The van der Waals surface area contributed by atoms with Gasteiger partial charge in [0.1, 0.15) is 11.5 Å². The Kier molecular flexibility index (Phi) is 3.98. The highest BCUT2D eigenvalue weighted by Crippen LogP contribution is 2.65. The van der Waals surface area contributed by atoms with E-state index in [1.807, 2.05) is 0 Å². The van der Waals surface area contributed by atoms with Crippen molar-refractivity contribution in [3.8, 4) is 11.3 Å². The maximum absolute atomic E-state index is 13.0. The van der Waals surface area contributed by atoms with Crippen LogP contribution in [0, 0.1) is 45.6 Å². The number of amides is 2. The Morgan fingerprint density at radius 2 is 1.79 bits per heavy atom. The van der Waals surface area contributed by atoms with Crippen LogP contribution in [-0.4, -0.2) is 39.0 Å². The highest BCUT2D eigenvalue weighted by Gasteiger charge is 2.67. The SMILES string of the molecule is O=C(O)c1cc([N+](=O)[O-])ccc1-c1ccc(/C=N\N2C(=O)[C@@H]3[C@H]4C=C[C@@H]([C@@H]5C[C@H]45)[C@@H]3C2=O)o1. The topological polar surface area (TPSA) is 143 Å². The third-order valence-corrected chi connectivity index (χ3v) is 7.28. The largest absolute Gasteiger partial charge is 0.478 e. The lowest BCUT2D eigenvalue weighted by Crippen LogP contribution is -2.40. The van der Waals surface area contributed by atoms with Gasteiger partial charge in [0.05, 0.1) is 28.5 Å². The van der Waals surface area contributed by atoms with Crippen molar-refractivity contribution in [2.24, 2.45) is 40.6 Å². The molecule has 33 heavy (non-hydrogen) atoms. The number of non-ortho nitro benzene ring substituents is 1. The summed E-state index contributed by atoms with van der Waals surface area (Å²) in [7, 11) is 0. The van der Waals surface area contributed by atoms with Crippen molar-refractivity contribution in [3.05, 3.63) is 63.9 Å². The predicted octanol–water partition coefficient (Wildman–Crippen LogP) is 2.94. The molecular weight excluding hydrogens is 430 g/mol. The number of aromatic carboxylic acids is 1.